The first-order valence-corrected chi connectivity index (χ1v) is 7.95. The van der Waals surface area contributed by atoms with Gasteiger partial charge in [0.2, 0.25) is 10.0 Å². The Morgan fingerprint density at radius 3 is 2.72 bits per heavy atom. The van der Waals surface area contributed by atoms with E-state index in [1.54, 1.807) is 6.07 Å². The van der Waals surface area contributed by atoms with Crippen molar-refractivity contribution in [1.29, 1.82) is 0 Å². The zero-order valence-corrected chi connectivity index (χ0v) is 12.1. The largest absolute Gasteiger partial charge is 0.316 e. The highest BCUT2D eigenvalue weighted by Crippen LogP contribution is 2.40. The van der Waals surface area contributed by atoms with Gasteiger partial charge in [-0.05, 0) is 42.5 Å². The molecule has 0 amide bonds. The van der Waals surface area contributed by atoms with Gasteiger partial charge in [0, 0.05) is 11.4 Å². The maximum absolute atomic E-state index is 11.2. The molecule has 1 saturated heterocycles. The van der Waals surface area contributed by atoms with E-state index in [2.05, 4.69) is 11.4 Å². The van der Waals surface area contributed by atoms with E-state index in [9.17, 15) is 8.42 Å². The number of sulfonamides is 1. The first-order valence-electron chi connectivity index (χ1n) is 5.58. The van der Waals surface area contributed by atoms with E-state index in [1.165, 1.54) is 16.9 Å². The molecule has 0 aromatic carbocycles. The van der Waals surface area contributed by atoms with Crippen molar-refractivity contribution in [2.24, 2.45) is 17.0 Å². The van der Waals surface area contributed by atoms with Crippen LogP contribution in [0.25, 0.3) is 5.57 Å². The molecule has 1 aromatic rings. The molecule has 1 aliphatic carbocycles. The van der Waals surface area contributed by atoms with Crippen LogP contribution in [-0.4, -0.2) is 21.5 Å². The first kappa shape index (κ1) is 14.0. The minimum absolute atomic E-state index is 0. The molecule has 1 aliphatic heterocycles. The molecule has 0 spiro atoms. The number of hydrogen-bond donors (Lipinski definition) is 2. The van der Waals surface area contributed by atoms with Crippen molar-refractivity contribution in [3.05, 3.63) is 23.1 Å². The molecule has 2 aliphatic rings. The van der Waals surface area contributed by atoms with Crippen LogP contribution >= 0.6 is 23.7 Å². The molecule has 0 radical (unpaired) electrons. The van der Waals surface area contributed by atoms with Crippen molar-refractivity contribution in [2.45, 2.75) is 10.6 Å². The standard InChI is InChI=1S/C11H14N2O2S2.ClH/c12-17(14,15)11-2-1-10(16-11)7-3-8-5-13-6-9(8)4-7;/h1-3,8-9,13H,4-6H2,(H2,12,14,15);1H. The molecular weight excluding hydrogens is 292 g/mol. The van der Waals surface area contributed by atoms with Crippen LogP contribution in [0.5, 0.6) is 0 Å². The summed E-state index contributed by atoms with van der Waals surface area (Å²) in [4.78, 5) is 1.04. The van der Waals surface area contributed by atoms with Gasteiger partial charge in [0.05, 0.1) is 0 Å². The monoisotopic (exact) mass is 306 g/mol. The lowest BCUT2D eigenvalue weighted by Crippen LogP contribution is -2.09. The van der Waals surface area contributed by atoms with Crippen molar-refractivity contribution in [1.82, 2.24) is 5.32 Å². The zero-order valence-electron chi connectivity index (χ0n) is 9.63. The van der Waals surface area contributed by atoms with Crippen molar-refractivity contribution in [3.8, 4) is 0 Å². The van der Waals surface area contributed by atoms with E-state index in [-0.39, 0.29) is 16.6 Å². The fourth-order valence-corrected chi connectivity index (χ4v) is 4.37. The van der Waals surface area contributed by atoms with Crippen LogP contribution in [-0.2, 0) is 10.0 Å². The van der Waals surface area contributed by atoms with Crippen LogP contribution in [0.1, 0.15) is 11.3 Å². The maximum atomic E-state index is 11.2. The van der Waals surface area contributed by atoms with Gasteiger partial charge in [-0.15, -0.1) is 23.7 Å². The third-order valence-electron chi connectivity index (χ3n) is 3.47. The molecule has 7 heteroatoms. The summed E-state index contributed by atoms with van der Waals surface area (Å²) in [6, 6.07) is 3.47. The second kappa shape index (κ2) is 4.94. The summed E-state index contributed by atoms with van der Waals surface area (Å²) in [6.07, 6.45) is 3.33. The highest BCUT2D eigenvalue weighted by molar-refractivity contribution is 7.91. The summed E-state index contributed by atoms with van der Waals surface area (Å²) >= 11 is 1.27. The molecule has 0 bridgehead atoms. The van der Waals surface area contributed by atoms with Crippen molar-refractivity contribution in [3.63, 3.8) is 0 Å². The number of hydrogen-bond acceptors (Lipinski definition) is 4. The summed E-state index contributed by atoms with van der Waals surface area (Å²) in [7, 11) is -3.55. The van der Waals surface area contributed by atoms with Crippen molar-refractivity contribution >= 4 is 39.3 Å². The predicted molar refractivity (Wildman–Crippen MR) is 75.4 cm³/mol. The Labute approximate surface area is 117 Å². The predicted octanol–water partition coefficient (Wildman–Crippen LogP) is 1.44. The molecule has 2 heterocycles. The van der Waals surface area contributed by atoms with Gasteiger partial charge in [-0.1, -0.05) is 6.08 Å². The van der Waals surface area contributed by atoms with Gasteiger partial charge in [-0.3, -0.25) is 0 Å². The lowest BCUT2D eigenvalue weighted by Gasteiger charge is -2.04. The lowest BCUT2D eigenvalue weighted by atomic mass is 10.00. The van der Waals surface area contributed by atoms with Gasteiger partial charge >= 0.3 is 0 Å². The quantitative estimate of drug-likeness (QED) is 0.868. The van der Waals surface area contributed by atoms with Gasteiger partial charge in [0.15, 0.2) is 0 Å². The Hall–Kier alpha value is -0.400. The van der Waals surface area contributed by atoms with E-state index in [4.69, 9.17) is 5.14 Å². The van der Waals surface area contributed by atoms with Crippen LogP contribution in [0.3, 0.4) is 0 Å². The lowest BCUT2D eigenvalue weighted by molar-refractivity contribution is 0.536. The SMILES string of the molecule is Cl.NS(=O)(=O)c1ccc(C2=CC3CNCC3C2)s1. The van der Waals surface area contributed by atoms with Gasteiger partial charge in [-0.25, -0.2) is 13.6 Å². The highest BCUT2D eigenvalue weighted by Gasteiger charge is 2.32. The molecule has 2 atom stereocenters. The van der Waals surface area contributed by atoms with Gasteiger partial charge in [0.1, 0.15) is 4.21 Å². The normalized spacial score (nSPS) is 26.6. The summed E-state index contributed by atoms with van der Waals surface area (Å²) in [5.41, 5.74) is 1.28. The number of fused-ring (bicyclic) bond motifs is 1. The molecule has 100 valence electrons. The molecule has 1 aromatic heterocycles. The average Bonchev–Trinajstić information content (AvgIpc) is 2.90. The molecule has 2 unspecified atom stereocenters. The van der Waals surface area contributed by atoms with Crippen LogP contribution in [0, 0.1) is 11.8 Å². The minimum Gasteiger partial charge on any atom is -0.316 e. The molecule has 18 heavy (non-hydrogen) atoms. The molecule has 0 saturated carbocycles. The van der Waals surface area contributed by atoms with Gasteiger partial charge in [0.25, 0.3) is 0 Å². The van der Waals surface area contributed by atoms with E-state index in [0.717, 1.165) is 24.4 Å². The molecule has 3 rings (SSSR count). The summed E-state index contributed by atoms with van der Waals surface area (Å²) in [6.45, 7) is 2.11. The van der Waals surface area contributed by atoms with Crippen LogP contribution in [0.15, 0.2) is 22.4 Å². The van der Waals surface area contributed by atoms with E-state index >= 15 is 0 Å². The van der Waals surface area contributed by atoms with Crippen molar-refractivity contribution < 1.29 is 8.42 Å². The smallest absolute Gasteiger partial charge is 0.247 e. The number of nitrogens with one attached hydrogen (secondary N) is 1. The summed E-state index contributed by atoms with van der Waals surface area (Å²) in [5.74, 6) is 1.30. The Morgan fingerprint density at radius 1 is 1.33 bits per heavy atom. The Morgan fingerprint density at radius 2 is 2.11 bits per heavy atom. The topological polar surface area (TPSA) is 72.2 Å². The number of allylic oxidation sites excluding steroid dienone is 1. The van der Waals surface area contributed by atoms with Crippen LogP contribution in [0.2, 0.25) is 0 Å². The van der Waals surface area contributed by atoms with Gasteiger partial charge < -0.3 is 5.32 Å². The first-order chi connectivity index (χ1) is 8.04. The zero-order chi connectivity index (χ0) is 12.0. The summed E-state index contributed by atoms with van der Waals surface area (Å²) in [5, 5.41) is 8.48. The second-order valence-corrected chi connectivity index (χ2v) is 7.51. The minimum atomic E-state index is -3.55. The molecule has 1 fully saturated rings. The number of halogens is 1. The van der Waals surface area contributed by atoms with E-state index < -0.39 is 10.0 Å². The number of thiophene rings is 1. The third kappa shape index (κ3) is 2.48. The number of primary sulfonamides is 1. The summed E-state index contributed by atoms with van der Waals surface area (Å²) < 4.78 is 22.7. The third-order valence-corrected chi connectivity index (χ3v) is 6.07. The second-order valence-electron chi connectivity index (χ2n) is 4.64. The number of rotatable bonds is 2. The average molecular weight is 307 g/mol. The fraction of sp³-hybridized carbons (Fsp3) is 0.455. The van der Waals surface area contributed by atoms with Gasteiger partial charge in [-0.2, -0.15) is 0 Å². The van der Waals surface area contributed by atoms with E-state index in [0.29, 0.717) is 11.8 Å². The maximum Gasteiger partial charge on any atom is 0.247 e. The Balaban J connectivity index is 0.00000120. The van der Waals surface area contributed by atoms with Crippen molar-refractivity contribution in [2.75, 3.05) is 13.1 Å². The fourth-order valence-electron chi connectivity index (χ4n) is 2.61. The molecular formula is C11H15ClN2O2S2. The van der Waals surface area contributed by atoms with Crippen LogP contribution < -0.4 is 10.5 Å². The Kier molecular flexibility index (Phi) is 3.85. The van der Waals surface area contributed by atoms with Crippen LogP contribution in [0.4, 0.5) is 0 Å². The highest BCUT2D eigenvalue weighted by atomic mass is 35.5. The number of nitrogens with two attached hydrogens (primary N) is 1. The molecule has 4 nitrogen and oxygen atoms in total. The Bertz CT molecular complexity index is 580. The molecule has 3 N–H and O–H groups in total. The van der Waals surface area contributed by atoms with E-state index in [1.807, 2.05) is 6.07 Å².